The average Bonchev–Trinajstić information content (AvgIpc) is 3.59. The number of benzene rings is 2. The van der Waals surface area contributed by atoms with Crippen molar-refractivity contribution in [3.63, 3.8) is 0 Å². The maximum absolute atomic E-state index is 13.6. The van der Waals surface area contributed by atoms with Gasteiger partial charge >= 0.3 is 0 Å². The van der Waals surface area contributed by atoms with Gasteiger partial charge in [0.1, 0.15) is 11.9 Å². The topological polar surface area (TPSA) is 131 Å². The van der Waals surface area contributed by atoms with Crippen LogP contribution in [0, 0.1) is 0 Å². The van der Waals surface area contributed by atoms with Crippen molar-refractivity contribution in [2.45, 2.75) is 50.4 Å². The fraction of sp³-hybridized carbons (Fsp3) is 0.414. The number of fused-ring (bicyclic) bond motifs is 4. The van der Waals surface area contributed by atoms with Gasteiger partial charge in [-0.1, -0.05) is 36.9 Å². The molecule has 5 rings (SSSR count). The number of carbonyl (C=O) groups is 3. The number of ether oxygens (including phenoxy) is 3. The van der Waals surface area contributed by atoms with Crippen molar-refractivity contribution in [1.29, 1.82) is 0 Å². The zero-order valence-corrected chi connectivity index (χ0v) is 23.9. The molecule has 11 nitrogen and oxygen atoms in total. The van der Waals surface area contributed by atoms with Crippen molar-refractivity contribution in [1.82, 2.24) is 15.5 Å². The van der Waals surface area contributed by atoms with E-state index in [1.54, 1.807) is 7.11 Å². The van der Waals surface area contributed by atoms with Crippen LogP contribution >= 0.6 is 11.8 Å². The lowest BCUT2D eigenvalue weighted by molar-refractivity contribution is -0.125. The van der Waals surface area contributed by atoms with Crippen LogP contribution in [0.2, 0.25) is 0 Å². The Kier molecular flexibility index (Phi) is 9.20. The summed E-state index contributed by atoms with van der Waals surface area (Å²) in [5, 5.41) is 5.82. The molecule has 0 bridgehead atoms. The van der Waals surface area contributed by atoms with E-state index < -0.39 is 11.3 Å². The minimum atomic E-state index is -0.721. The fourth-order valence-corrected chi connectivity index (χ4v) is 5.71. The van der Waals surface area contributed by atoms with Crippen molar-refractivity contribution < 1.29 is 28.6 Å². The molecule has 0 aromatic heterocycles. The zero-order chi connectivity index (χ0) is 28.8. The number of hydrogen-bond donors (Lipinski definition) is 2. The molecule has 2 aromatic rings. The van der Waals surface area contributed by atoms with Gasteiger partial charge in [0.25, 0.3) is 5.91 Å². The summed E-state index contributed by atoms with van der Waals surface area (Å²) in [6, 6.07) is 12.3. The number of thioether (sulfide) groups is 1. The molecule has 2 N–H and O–H groups in total. The third kappa shape index (κ3) is 6.54. The van der Waals surface area contributed by atoms with Gasteiger partial charge in [0.2, 0.25) is 18.6 Å². The highest BCUT2D eigenvalue weighted by atomic mass is 32.2. The molecule has 3 aliphatic heterocycles. The first kappa shape index (κ1) is 28.6. The molecular formula is C29H33N5O6S. The summed E-state index contributed by atoms with van der Waals surface area (Å²) in [4.78, 5) is 50.1. The highest BCUT2D eigenvalue weighted by molar-refractivity contribution is 8.15. The number of nitrogens with one attached hydrogen (secondary N) is 2. The van der Waals surface area contributed by atoms with Gasteiger partial charge < -0.3 is 24.8 Å². The molecule has 0 saturated carbocycles. The highest BCUT2D eigenvalue weighted by Gasteiger charge is 2.42. The maximum atomic E-state index is 13.6. The molecule has 3 amide bonds. The third-order valence-corrected chi connectivity index (χ3v) is 8.17. The molecule has 0 unspecified atom stereocenters. The molecule has 3 heterocycles. The predicted molar refractivity (Wildman–Crippen MR) is 156 cm³/mol. The smallest absolute Gasteiger partial charge is 0.259 e. The molecule has 2 aromatic carbocycles. The predicted octanol–water partition coefficient (Wildman–Crippen LogP) is 3.13. The lowest BCUT2D eigenvalue weighted by atomic mass is 10.1. The Labute approximate surface area is 242 Å². The molecule has 2 atom stereocenters. The van der Waals surface area contributed by atoms with Crippen molar-refractivity contribution in [2.75, 3.05) is 27.1 Å². The van der Waals surface area contributed by atoms with E-state index >= 15 is 0 Å². The highest BCUT2D eigenvalue weighted by Crippen LogP contribution is 2.36. The molecule has 0 spiro atoms. The minimum absolute atomic E-state index is 0.115. The van der Waals surface area contributed by atoms with Crippen LogP contribution in [-0.2, 0) is 25.7 Å². The number of para-hydroxylation sites is 1. The van der Waals surface area contributed by atoms with E-state index in [-0.39, 0.29) is 37.4 Å². The van der Waals surface area contributed by atoms with Gasteiger partial charge in [-0.15, -0.1) is 0 Å². The van der Waals surface area contributed by atoms with E-state index in [1.165, 1.54) is 16.7 Å². The first-order valence-electron chi connectivity index (χ1n) is 13.7. The maximum Gasteiger partial charge on any atom is 0.259 e. The Bertz CT molecular complexity index is 1380. The fourth-order valence-electron chi connectivity index (χ4n) is 4.67. The minimum Gasteiger partial charge on any atom is -0.454 e. The van der Waals surface area contributed by atoms with Gasteiger partial charge in [0, 0.05) is 38.8 Å². The largest absolute Gasteiger partial charge is 0.454 e. The van der Waals surface area contributed by atoms with Crippen LogP contribution in [0.1, 0.15) is 43.7 Å². The molecule has 41 heavy (non-hydrogen) atoms. The summed E-state index contributed by atoms with van der Waals surface area (Å²) in [7, 11) is 1.62. The molecule has 216 valence electrons. The van der Waals surface area contributed by atoms with Crippen molar-refractivity contribution >= 4 is 46.2 Å². The molecular weight excluding hydrogens is 546 g/mol. The van der Waals surface area contributed by atoms with Gasteiger partial charge in [-0.3, -0.25) is 19.4 Å². The molecule has 12 heteroatoms. The monoisotopic (exact) mass is 579 g/mol. The number of nitrogens with zero attached hydrogens (tertiary/aromatic N) is 3. The van der Waals surface area contributed by atoms with Gasteiger partial charge in [-0.25, -0.2) is 9.89 Å². The SMILES string of the molecule is CC[C@@H](SC1=Nc2ccccc2C2=N[C@@H](CCC(=O)NCc3ccc4c(c3)OCO4)C(=O)N12)C(=O)NCCCOC. The third-order valence-electron chi connectivity index (χ3n) is 6.85. The van der Waals surface area contributed by atoms with Crippen LogP contribution in [0.25, 0.3) is 0 Å². The lowest BCUT2D eigenvalue weighted by Gasteiger charge is -2.27. The summed E-state index contributed by atoms with van der Waals surface area (Å²) in [5.74, 6) is 1.30. The summed E-state index contributed by atoms with van der Waals surface area (Å²) in [5.41, 5.74) is 2.33. The number of amides is 3. The van der Waals surface area contributed by atoms with E-state index in [2.05, 4.69) is 10.6 Å². The number of carbonyl (C=O) groups excluding carboxylic acids is 3. The number of rotatable bonds is 12. The van der Waals surface area contributed by atoms with Gasteiger partial charge in [0.15, 0.2) is 16.7 Å². The first-order valence-corrected chi connectivity index (χ1v) is 14.5. The second kappa shape index (κ2) is 13.2. The summed E-state index contributed by atoms with van der Waals surface area (Å²) in [6.07, 6.45) is 1.66. The van der Waals surface area contributed by atoms with E-state index in [0.29, 0.717) is 60.7 Å². The van der Waals surface area contributed by atoms with Crippen LogP contribution in [-0.4, -0.2) is 72.0 Å². The normalized spacial score (nSPS) is 17.4. The van der Waals surface area contributed by atoms with Crippen LogP contribution in [0.5, 0.6) is 11.5 Å². The second-order valence-corrected chi connectivity index (χ2v) is 10.9. The first-order chi connectivity index (χ1) is 20.0. The van der Waals surface area contributed by atoms with Gasteiger partial charge in [-0.05, 0) is 49.1 Å². The van der Waals surface area contributed by atoms with Crippen molar-refractivity contribution in [3.8, 4) is 11.5 Å². The molecule has 0 radical (unpaired) electrons. The Balaban J connectivity index is 1.23. The Hall–Kier alpha value is -3.90. The summed E-state index contributed by atoms with van der Waals surface area (Å²) in [6.45, 7) is 3.52. The molecule has 0 saturated heterocycles. The zero-order valence-electron chi connectivity index (χ0n) is 23.1. The number of amidine groups is 2. The number of methoxy groups -OCH3 is 1. The number of hydrogen-bond acceptors (Lipinski definition) is 9. The molecule has 3 aliphatic rings. The van der Waals surface area contributed by atoms with Gasteiger partial charge in [-0.2, -0.15) is 0 Å². The summed E-state index contributed by atoms with van der Waals surface area (Å²) >= 11 is 1.25. The summed E-state index contributed by atoms with van der Waals surface area (Å²) < 4.78 is 15.8. The Morgan fingerprint density at radius 1 is 1.17 bits per heavy atom. The lowest BCUT2D eigenvalue weighted by Crippen LogP contribution is -2.43. The van der Waals surface area contributed by atoms with Crippen molar-refractivity contribution in [2.24, 2.45) is 9.98 Å². The standard InChI is InChI=1S/C29H33N5O6S/c1-3-24(27(36)30-13-6-14-38-2)41-29-33-20-8-5-4-7-19(20)26-32-21(28(37)34(26)29)10-12-25(35)31-16-18-9-11-22-23(15-18)40-17-39-22/h4-5,7-9,11,15,21,24H,3,6,10,12-14,16-17H2,1-2H3,(H,30,36)(H,31,35)/t21-,24+/m0/s1. The van der Waals surface area contributed by atoms with E-state index in [4.69, 9.17) is 24.2 Å². The quantitative estimate of drug-likeness (QED) is 0.370. The van der Waals surface area contributed by atoms with Crippen molar-refractivity contribution in [3.05, 3.63) is 53.6 Å². The van der Waals surface area contributed by atoms with Crippen LogP contribution in [0.3, 0.4) is 0 Å². The van der Waals surface area contributed by atoms with Crippen LogP contribution < -0.4 is 20.1 Å². The number of aliphatic imine (C=N–C) groups is 2. The van der Waals surface area contributed by atoms with E-state index in [0.717, 1.165) is 11.1 Å². The Morgan fingerprint density at radius 3 is 2.83 bits per heavy atom. The van der Waals surface area contributed by atoms with E-state index in [1.807, 2.05) is 49.4 Å². The van der Waals surface area contributed by atoms with Crippen LogP contribution in [0.15, 0.2) is 52.4 Å². The van der Waals surface area contributed by atoms with E-state index in [9.17, 15) is 14.4 Å². The average molecular weight is 580 g/mol. The van der Waals surface area contributed by atoms with Crippen LogP contribution in [0.4, 0.5) is 5.69 Å². The second-order valence-electron chi connectivity index (χ2n) is 9.71. The van der Waals surface area contributed by atoms with Gasteiger partial charge in [0.05, 0.1) is 10.9 Å². The Morgan fingerprint density at radius 2 is 2.00 bits per heavy atom. The molecule has 0 fully saturated rings. The molecule has 0 aliphatic carbocycles.